The average Bonchev–Trinajstić information content (AvgIpc) is 3.11. The van der Waals surface area contributed by atoms with Gasteiger partial charge in [-0.25, -0.2) is 0 Å². The Morgan fingerprint density at radius 3 is 1.15 bits per heavy atom. The predicted octanol–water partition coefficient (Wildman–Crippen LogP) is 13.6. The van der Waals surface area contributed by atoms with Crippen LogP contribution in [-0.4, -0.2) is 13.2 Å². The minimum Gasteiger partial charge on any atom is -0.380 e. The van der Waals surface area contributed by atoms with E-state index in [9.17, 15) is 0 Å². The van der Waals surface area contributed by atoms with Gasteiger partial charge in [-0.1, -0.05) is 153 Å². The SMILES string of the molecule is CCCC1(C2(C3CCC(C)CC3)CCCCC2)C=CC(COCC2C=CC(CCC)(C3(C4CCC(C)CC4)CCCCC3)C=C2)C=C1. The molecule has 6 aliphatic carbocycles. The van der Waals surface area contributed by atoms with E-state index in [1.165, 1.54) is 141 Å². The van der Waals surface area contributed by atoms with Gasteiger partial charge in [0.15, 0.2) is 0 Å². The van der Waals surface area contributed by atoms with Gasteiger partial charge in [0.2, 0.25) is 0 Å². The van der Waals surface area contributed by atoms with Crippen LogP contribution in [-0.2, 0) is 4.74 Å². The highest BCUT2D eigenvalue weighted by molar-refractivity contribution is 5.28. The summed E-state index contributed by atoms with van der Waals surface area (Å²) < 4.78 is 6.56. The van der Waals surface area contributed by atoms with Gasteiger partial charge in [-0.05, 0) is 98.7 Å². The lowest BCUT2D eigenvalue weighted by Crippen LogP contribution is -2.48. The van der Waals surface area contributed by atoms with E-state index in [1.807, 2.05) is 0 Å². The molecular weight excluding hydrogens is 569 g/mol. The number of rotatable bonds is 12. The van der Waals surface area contributed by atoms with Crippen molar-refractivity contribution in [2.45, 2.75) is 169 Å². The van der Waals surface area contributed by atoms with Crippen molar-refractivity contribution in [1.29, 1.82) is 0 Å². The Balaban J connectivity index is 1.09. The first-order valence-corrected chi connectivity index (χ1v) is 21.2. The normalized spacial score (nSPS) is 40.0. The highest BCUT2D eigenvalue weighted by Crippen LogP contribution is 2.64. The van der Waals surface area contributed by atoms with Gasteiger partial charge >= 0.3 is 0 Å². The van der Waals surface area contributed by atoms with Gasteiger partial charge in [0, 0.05) is 22.7 Å². The third-order valence-corrected chi connectivity index (χ3v) is 15.5. The topological polar surface area (TPSA) is 9.23 Å². The van der Waals surface area contributed by atoms with E-state index in [0.717, 1.165) is 36.9 Å². The molecule has 0 saturated heterocycles. The second-order valence-corrected chi connectivity index (χ2v) is 18.2. The minimum atomic E-state index is 0.257. The smallest absolute Gasteiger partial charge is 0.0563 e. The third kappa shape index (κ3) is 7.24. The lowest BCUT2D eigenvalue weighted by molar-refractivity contribution is -0.0272. The molecule has 0 aliphatic heterocycles. The summed E-state index contributed by atoms with van der Waals surface area (Å²) in [7, 11) is 0. The van der Waals surface area contributed by atoms with E-state index in [-0.39, 0.29) is 10.8 Å². The summed E-state index contributed by atoms with van der Waals surface area (Å²) in [6, 6.07) is 0. The molecule has 6 aliphatic rings. The zero-order valence-electron chi connectivity index (χ0n) is 31.5. The summed E-state index contributed by atoms with van der Waals surface area (Å²) >= 11 is 0. The number of hydrogen-bond acceptors (Lipinski definition) is 1. The van der Waals surface area contributed by atoms with Gasteiger partial charge in [-0.2, -0.15) is 0 Å². The fourth-order valence-corrected chi connectivity index (χ4v) is 12.8. The lowest BCUT2D eigenvalue weighted by atomic mass is 9.47. The molecule has 264 valence electrons. The molecule has 0 aromatic carbocycles. The molecule has 0 atom stereocenters. The Morgan fingerprint density at radius 1 is 0.489 bits per heavy atom. The van der Waals surface area contributed by atoms with Crippen molar-refractivity contribution in [2.75, 3.05) is 13.2 Å². The molecule has 0 radical (unpaired) electrons. The largest absolute Gasteiger partial charge is 0.380 e. The molecule has 4 fully saturated rings. The summed E-state index contributed by atoms with van der Waals surface area (Å²) in [5.74, 6) is 4.51. The van der Waals surface area contributed by atoms with E-state index in [0.29, 0.717) is 22.7 Å². The Kier molecular flexibility index (Phi) is 12.1. The molecule has 0 unspecified atom stereocenters. The van der Waals surface area contributed by atoms with Crippen molar-refractivity contribution >= 4 is 0 Å². The molecule has 0 spiro atoms. The second kappa shape index (κ2) is 15.9. The van der Waals surface area contributed by atoms with Crippen molar-refractivity contribution in [3.8, 4) is 0 Å². The molecular formula is C46H74O. The van der Waals surface area contributed by atoms with E-state index in [4.69, 9.17) is 4.74 Å². The van der Waals surface area contributed by atoms with Crippen molar-refractivity contribution < 1.29 is 4.74 Å². The average molecular weight is 643 g/mol. The molecule has 47 heavy (non-hydrogen) atoms. The summed E-state index contributed by atoms with van der Waals surface area (Å²) in [5, 5.41) is 0. The van der Waals surface area contributed by atoms with Gasteiger partial charge in [0.25, 0.3) is 0 Å². The Hall–Kier alpha value is -1.08. The molecule has 0 heterocycles. The minimum absolute atomic E-state index is 0.257. The molecule has 1 heteroatoms. The first-order chi connectivity index (χ1) is 22.9. The highest BCUT2D eigenvalue weighted by Gasteiger charge is 2.54. The third-order valence-electron chi connectivity index (χ3n) is 15.5. The maximum absolute atomic E-state index is 6.56. The summed E-state index contributed by atoms with van der Waals surface area (Å²) in [6.45, 7) is 11.5. The zero-order chi connectivity index (χ0) is 32.8. The molecule has 1 nitrogen and oxygen atoms in total. The van der Waals surface area contributed by atoms with E-state index in [2.05, 4.69) is 76.3 Å². The standard InChI is InChI=1S/C46H74O/c1-5-25-43(45(27-9-7-10-28-45)41-17-13-37(3)14-18-41)31-21-39(22-32-43)35-47-36-40-23-33-44(26-6-2,34-24-40)46(29-11-8-12-30-46)42-19-15-38(4)16-20-42/h21-24,31-34,37-42H,5-20,25-30,35-36H2,1-4H3. The maximum Gasteiger partial charge on any atom is 0.0563 e. The Labute approximate surface area is 291 Å². The van der Waals surface area contributed by atoms with Crippen LogP contribution >= 0.6 is 0 Å². The first kappa shape index (κ1) is 35.7. The van der Waals surface area contributed by atoms with Gasteiger partial charge in [0.1, 0.15) is 0 Å². The van der Waals surface area contributed by atoms with Crippen LogP contribution in [0.4, 0.5) is 0 Å². The Morgan fingerprint density at radius 2 is 0.830 bits per heavy atom. The second-order valence-electron chi connectivity index (χ2n) is 18.2. The molecule has 0 amide bonds. The van der Waals surface area contributed by atoms with Crippen molar-refractivity contribution in [3.63, 3.8) is 0 Å². The van der Waals surface area contributed by atoms with Crippen LogP contribution in [0.25, 0.3) is 0 Å². The quantitative estimate of drug-likeness (QED) is 0.192. The monoisotopic (exact) mass is 643 g/mol. The van der Waals surface area contributed by atoms with Crippen LogP contribution in [0.2, 0.25) is 0 Å². The number of hydrogen-bond donors (Lipinski definition) is 0. The van der Waals surface area contributed by atoms with E-state index < -0.39 is 0 Å². The van der Waals surface area contributed by atoms with Crippen LogP contribution < -0.4 is 0 Å². The molecule has 0 bridgehead atoms. The molecule has 0 aromatic rings. The van der Waals surface area contributed by atoms with Crippen LogP contribution in [0.5, 0.6) is 0 Å². The maximum atomic E-state index is 6.56. The van der Waals surface area contributed by atoms with Crippen LogP contribution in [0, 0.1) is 57.2 Å². The zero-order valence-corrected chi connectivity index (χ0v) is 31.5. The van der Waals surface area contributed by atoms with Crippen molar-refractivity contribution in [3.05, 3.63) is 48.6 Å². The van der Waals surface area contributed by atoms with Crippen LogP contribution in [0.1, 0.15) is 169 Å². The van der Waals surface area contributed by atoms with Crippen LogP contribution in [0.3, 0.4) is 0 Å². The van der Waals surface area contributed by atoms with Crippen molar-refractivity contribution in [2.24, 2.45) is 57.2 Å². The fraction of sp³-hybridized carbons (Fsp3) is 0.826. The van der Waals surface area contributed by atoms with Crippen LogP contribution in [0.15, 0.2) is 48.6 Å². The predicted molar refractivity (Wildman–Crippen MR) is 202 cm³/mol. The summed E-state index contributed by atoms with van der Waals surface area (Å²) in [6.07, 6.45) is 52.5. The summed E-state index contributed by atoms with van der Waals surface area (Å²) in [4.78, 5) is 0. The first-order valence-electron chi connectivity index (χ1n) is 21.2. The van der Waals surface area contributed by atoms with Gasteiger partial charge < -0.3 is 4.74 Å². The number of ether oxygens (including phenoxy) is 1. The highest BCUT2D eigenvalue weighted by atomic mass is 16.5. The molecule has 4 saturated carbocycles. The van der Waals surface area contributed by atoms with Gasteiger partial charge in [0.05, 0.1) is 13.2 Å². The molecule has 0 N–H and O–H groups in total. The summed E-state index contributed by atoms with van der Waals surface area (Å²) in [5.41, 5.74) is 1.47. The lowest BCUT2D eigenvalue weighted by Gasteiger charge is -2.57. The molecule has 0 aromatic heterocycles. The van der Waals surface area contributed by atoms with Crippen molar-refractivity contribution in [1.82, 2.24) is 0 Å². The van der Waals surface area contributed by atoms with Gasteiger partial charge in [-0.3, -0.25) is 0 Å². The number of allylic oxidation sites excluding steroid dienone is 4. The van der Waals surface area contributed by atoms with Gasteiger partial charge in [-0.15, -0.1) is 0 Å². The molecule has 6 rings (SSSR count). The van der Waals surface area contributed by atoms with E-state index in [1.54, 1.807) is 0 Å². The Bertz CT molecular complexity index is 962. The van der Waals surface area contributed by atoms with E-state index >= 15 is 0 Å². The fourth-order valence-electron chi connectivity index (χ4n) is 12.8.